The fourth-order valence-corrected chi connectivity index (χ4v) is 3.17. The Bertz CT molecular complexity index is 534. The van der Waals surface area contributed by atoms with Crippen LogP contribution >= 0.6 is 0 Å². The molecule has 2 rings (SSSR count). The molecule has 0 bridgehead atoms. The number of piperidine rings is 1. The zero-order valence-corrected chi connectivity index (χ0v) is 14.0. The summed E-state index contributed by atoms with van der Waals surface area (Å²) in [6.45, 7) is 6.26. The van der Waals surface area contributed by atoms with E-state index in [1.165, 1.54) is 5.56 Å². The zero-order chi connectivity index (χ0) is 16.8. The van der Waals surface area contributed by atoms with Gasteiger partial charge in [0, 0.05) is 24.7 Å². The van der Waals surface area contributed by atoms with Crippen molar-refractivity contribution in [2.75, 3.05) is 26.2 Å². The van der Waals surface area contributed by atoms with Crippen LogP contribution in [-0.2, 0) is 11.2 Å². The van der Waals surface area contributed by atoms with Crippen LogP contribution in [0, 0.1) is 0 Å². The zero-order valence-electron chi connectivity index (χ0n) is 14.0. The first-order valence-electron chi connectivity index (χ1n) is 8.39. The van der Waals surface area contributed by atoms with Crippen molar-refractivity contribution in [3.05, 3.63) is 35.4 Å². The van der Waals surface area contributed by atoms with Crippen LogP contribution in [0.2, 0.25) is 0 Å². The van der Waals surface area contributed by atoms with Crippen LogP contribution in [0.4, 0.5) is 0 Å². The lowest BCUT2D eigenvalue weighted by Crippen LogP contribution is -2.48. The van der Waals surface area contributed by atoms with Crippen LogP contribution in [0.15, 0.2) is 24.3 Å². The number of likely N-dealkylation sites (tertiary alicyclic amines) is 1. The van der Waals surface area contributed by atoms with Gasteiger partial charge in [-0.05, 0) is 43.5 Å². The number of rotatable bonds is 6. The fourth-order valence-electron chi connectivity index (χ4n) is 3.17. The molecule has 1 heterocycles. The smallest absolute Gasteiger partial charge is 0.317 e. The Morgan fingerprint density at radius 1 is 1.17 bits per heavy atom. The summed E-state index contributed by atoms with van der Waals surface area (Å²) in [6, 6.07) is 8.06. The predicted octanol–water partition coefficient (Wildman–Crippen LogP) is 2.26. The van der Waals surface area contributed by atoms with E-state index in [0.29, 0.717) is 13.1 Å². The van der Waals surface area contributed by atoms with Crippen LogP contribution in [0.5, 0.6) is 0 Å². The normalized spacial score (nSPS) is 15.9. The van der Waals surface area contributed by atoms with Gasteiger partial charge in [-0.2, -0.15) is 0 Å². The molecule has 1 aliphatic heterocycles. The van der Waals surface area contributed by atoms with Crippen LogP contribution in [0.25, 0.3) is 0 Å². The van der Waals surface area contributed by atoms with Crippen molar-refractivity contribution in [3.8, 4) is 0 Å². The van der Waals surface area contributed by atoms with Crippen molar-refractivity contribution in [1.82, 2.24) is 9.80 Å². The summed E-state index contributed by atoms with van der Waals surface area (Å²) in [5.41, 5.74) is 1.96. The van der Waals surface area contributed by atoms with E-state index in [2.05, 4.69) is 6.92 Å². The standard InChI is InChI=1S/C18H26N2O3/c1-3-14-5-7-15(8-6-14)18(23)20-11-9-16(10-12-20)19(4-2)13-17(21)22/h5-8,16H,3-4,9-13H2,1-2H3,(H,21,22). The quantitative estimate of drug-likeness (QED) is 0.874. The molecule has 0 spiro atoms. The highest BCUT2D eigenvalue weighted by molar-refractivity contribution is 5.94. The van der Waals surface area contributed by atoms with E-state index in [-0.39, 0.29) is 18.5 Å². The average molecular weight is 318 g/mol. The molecule has 0 aromatic heterocycles. The second-order valence-corrected chi connectivity index (χ2v) is 6.03. The van der Waals surface area contributed by atoms with E-state index < -0.39 is 5.97 Å². The summed E-state index contributed by atoms with van der Waals surface area (Å²) in [6.07, 6.45) is 2.64. The molecule has 1 fully saturated rings. The highest BCUT2D eigenvalue weighted by atomic mass is 16.4. The predicted molar refractivity (Wildman–Crippen MR) is 89.6 cm³/mol. The average Bonchev–Trinajstić information content (AvgIpc) is 2.59. The number of aryl methyl sites for hydroxylation is 1. The van der Waals surface area contributed by atoms with Crippen LogP contribution < -0.4 is 0 Å². The molecule has 0 saturated carbocycles. The summed E-state index contributed by atoms with van der Waals surface area (Å²) in [5, 5.41) is 8.97. The third-order valence-corrected chi connectivity index (χ3v) is 4.62. The van der Waals surface area contributed by atoms with Crippen molar-refractivity contribution in [2.45, 2.75) is 39.2 Å². The Balaban J connectivity index is 1.92. The minimum Gasteiger partial charge on any atom is -0.480 e. The van der Waals surface area contributed by atoms with Gasteiger partial charge in [0.05, 0.1) is 6.54 Å². The number of benzene rings is 1. The minimum absolute atomic E-state index is 0.0763. The maximum atomic E-state index is 12.5. The molecule has 0 unspecified atom stereocenters. The maximum Gasteiger partial charge on any atom is 0.317 e. The molecule has 0 aliphatic carbocycles. The van der Waals surface area contributed by atoms with Crippen LogP contribution in [0.3, 0.4) is 0 Å². The molecule has 5 heteroatoms. The molecule has 1 saturated heterocycles. The lowest BCUT2D eigenvalue weighted by Gasteiger charge is -2.37. The Hall–Kier alpha value is -1.88. The van der Waals surface area contributed by atoms with E-state index in [1.807, 2.05) is 41.0 Å². The maximum absolute atomic E-state index is 12.5. The molecule has 0 atom stereocenters. The van der Waals surface area contributed by atoms with Crippen molar-refractivity contribution in [3.63, 3.8) is 0 Å². The van der Waals surface area contributed by atoms with Crippen molar-refractivity contribution < 1.29 is 14.7 Å². The second-order valence-electron chi connectivity index (χ2n) is 6.03. The van der Waals surface area contributed by atoms with Gasteiger partial charge in [-0.3, -0.25) is 14.5 Å². The summed E-state index contributed by atoms with van der Waals surface area (Å²) in [5.74, 6) is -0.714. The number of nitrogens with zero attached hydrogens (tertiary/aromatic N) is 2. The van der Waals surface area contributed by atoms with Gasteiger partial charge in [0.1, 0.15) is 0 Å². The summed E-state index contributed by atoms with van der Waals surface area (Å²) in [4.78, 5) is 27.3. The Labute approximate surface area is 137 Å². The SMILES string of the molecule is CCc1ccc(C(=O)N2CCC(N(CC)CC(=O)O)CC2)cc1. The van der Waals surface area contributed by atoms with Gasteiger partial charge in [-0.1, -0.05) is 26.0 Å². The van der Waals surface area contributed by atoms with E-state index in [9.17, 15) is 9.59 Å². The number of amides is 1. The first-order valence-corrected chi connectivity index (χ1v) is 8.39. The third kappa shape index (κ3) is 4.55. The highest BCUT2D eigenvalue weighted by Gasteiger charge is 2.27. The minimum atomic E-state index is -0.790. The van der Waals surface area contributed by atoms with Crippen molar-refractivity contribution in [2.24, 2.45) is 0 Å². The molecule has 1 aromatic rings. The molecule has 1 amide bonds. The monoisotopic (exact) mass is 318 g/mol. The molecular formula is C18H26N2O3. The van der Waals surface area contributed by atoms with Gasteiger partial charge >= 0.3 is 5.97 Å². The molecular weight excluding hydrogens is 292 g/mol. The molecule has 1 aromatic carbocycles. The number of carboxylic acids is 1. The number of hydrogen-bond acceptors (Lipinski definition) is 3. The molecule has 23 heavy (non-hydrogen) atoms. The van der Waals surface area contributed by atoms with Gasteiger partial charge in [0.2, 0.25) is 0 Å². The number of carboxylic acid groups (broad SMARTS) is 1. The van der Waals surface area contributed by atoms with Crippen LogP contribution in [0.1, 0.15) is 42.6 Å². The van der Waals surface area contributed by atoms with E-state index in [1.54, 1.807) is 0 Å². The molecule has 5 nitrogen and oxygen atoms in total. The topological polar surface area (TPSA) is 60.9 Å². The number of aliphatic carboxylic acids is 1. The van der Waals surface area contributed by atoms with Gasteiger partial charge in [0.25, 0.3) is 5.91 Å². The summed E-state index contributed by atoms with van der Waals surface area (Å²) >= 11 is 0. The Morgan fingerprint density at radius 2 is 1.78 bits per heavy atom. The van der Waals surface area contributed by atoms with Gasteiger partial charge in [0.15, 0.2) is 0 Å². The first-order chi connectivity index (χ1) is 11.0. The van der Waals surface area contributed by atoms with E-state index in [0.717, 1.165) is 31.4 Å². The Kier molecular flexibility index (Phi) is 6.16. The van der Waals surface area contributed by atoms with Crippen molar-refractivity contribution in [1.29, 1.82) is 0 Å². The van der Waals surface area contributed by atoms with Crippen molar-refractivity contribution >= 4 is 11.9 Å². The molecule has 126 valence electrons. The molecule has 0 radical (unpaired) electrons. The number of carbonyl (C=O) groups excluding carboxylic acids is 1. The highest BCUT2D eigenvalue weighted by Crippen LogP contribution is 2.18. The number of hydrogen-bond donors (Lipinski definition) is 1. The summed E-state index contributed by atoms with van der Waals surface area (Å²) in [7, 11) is 0. The third-order valence-electron chi connectivity index (χ3n) is 4.62. The largest absolute Gasteiger partial charge is 0.480 e. The molecule has 1 aliphatic rings. The number of carbonyl (C=O) groups is 2. The Morgan fingerprint density at radius 3 is 2.26 bits per heavy atom. The van der Waals surface area contributed by atoms with Gasteiger partial charge < -0.3 is 10.0 Å². The van der Waals surface area contributed by atoms with Crippen LogP contribution in [-0.4, -0.2) is 59.0 Å². The van der Waals surface area contributed by atoms with E-state index >= 15 is 0 Å². The second kappa shape index (κ2) is 8.11. The van der Waals surface area contributed by atoms with E-state index in [4.69, 9.17) is 5.11 Å². The van der Waals surface area contributed by atoms with Gasteiger partial charge in [-0.15, -0.1) is 0 Å². The first kappa shape index (κ1) is 17.5. The lowest BCUT2D eigenvalue weighted by molar-refractivity contribution is -0.139. The number of likely N-dealkylation sites (N-methyl/N-ethyl adjacent to an activating group) is 1. The molecule has 1 N–H and O–H groups in total. The fraction of sp³-hybridized carbons (Fsp3) is 0.556. The lowest BCUT2D eigenvalue weighted by atomic mass is 10.0. The van der Waals surface area contributed by atoms with Gasteiger partial charge in [-0.25, -0.2) is 0 Å². The summed E-state index contributed by atoms with van der Waals surface area (Å²) < 4.78 is 0.